The van der Waals surface area contributed by atoms with E-state index in [4.69, 9.17) is 9.47 Å². The number of amides is 1. The van der Waals surface area contributed by atoms with Crippen LogP contribution in [0.4, 0.5) is 4.39 Å². The summed E-state index contributed by atoms with van der Waals surface area (Å²) < 4.78 is 26.0. The van der Waals surface area contributed by atoms with E-state index >= 15 is 0 Å². The highest BCUT2D eigenvalue weighted by Gasteiger charge is 2.17. The molecule has 4 rings (SSSR count). The lowest BCUT2D eigenvalue weighted by atomic mass is 10.1. The first kappa shape index (κ1) is 25.2. The van der Waals surface area contributed by atoms with Gasteiger partial charge in [0.15, 0.2) is 5.16 Å². The molecule has 1 heterocycles. The summed E-state index contributed by atoms with van der Waals surface area (Å²) in [6.07, 6.45) is 0.430. The van der Waals surface area contributed by atoms with Crippen molar-refractivity contribution < 1.29 is 18.7 Å². The average Bonchev–Trinajstić information content (AvgIpc) is 3.30. The lowest BCUT2D eigenvalue weighted by molar-refractivity contribution is 0.0951. The van der Waals surface area contributed by atoms with Gasteiger partial charge in [-0.25, -0.2) is 4.39 Å². The van der Waals surface area contributed by atoms with E-state index in [1.165, 1.54) is 30.4 Å². The second-order valence-electron chi connectivity index (χ2n) is 8.00. The van der Waals surface area contributed by atoms with Crippen LogP contribution in [0.2, 0.25) is 0 Å². The van der Waals surface area contributed by atoms with E-state index in [1.807, 2.05) is 16.7 Å². The average molecular weight is 507 g/mol. The van der Waals surface area contributed by atoms with Crippen molar-refractivity contribution in [2.75, 3.05) is 20.8 Å². The van der Waals surface area contributed by atoms with Gasteiger partial charge in [-0.3, -0.25) is 9.36 Å². The number of rotatable bonds is 10. The van der Waals surface area contributed by atoms with Gasteiger partial charge in [-0.1, -0.05) is 36.0 Å². The number of nitrogens with zero attached hydrogens (tertiary/aromatic N) is 3. The third-order valence-electron chi connectivity index (χ3n) is 5.69. The van der Waals surface area contributed by atoms with Gasteiger partial charge in [0.25, 0.3) is 5.91 Å². The van der Waals surface area contributed by atoms with Crippen LogP contribution >= 0.6 is 11.8 Å². The van der Waals surface area contributed by atoms with Gasteiger partial charge in [-0.05, 0) is 54.4 Å². The van der Waals surface area contributed by atoms with Crippen LogP contribution in [0, 0.1) is 12.7 Å². The Labute approximate surface area is 213 Å². The molecule has 0 bridgehead atoms. The minimum absolute atomic E-state index is 0.267. The maximum atomic E-state index is 13.6. The van der Waals surface area contributed by atoms with Gasteiger partial charge < -0.3 is 14.8 Å². The van der Waals surface area contributed by atoms with Crippen molar-refractivity contribution in [3.63, 3.8) is 0 Å². The Morgan fingerprint density at radius 3 is 2.53 bits per heavy atom. The fourth-order valence-corrected chi connectivity index (χ4v) is 4.74. The molecule has 3 aromatic carbocycles. The molecule has 7 nitrogen and oxygen atoms in total. The number of thioether (sulfide) groups is 1. The number of ether oxygens (including phenoxy) is 2. The molecule has 0 aliphatic heterocycles. The molecular weight excluding hydrogens is 479 g/mol. The smallest absolute Gasteiger partial charge is 0.255 e. The lowest BCUT2D eigenvalue weighted by Crippen LogP contribution is -2.27. The van der Waals surface area contributed by atoms with E-state index in [0.29, 0.717) is 41.0 Å². The molecule has 0 radical (unpaired) electrons. The highest BCUT2D eigenvalue weighted by Crippen LogP contribution is 2.27. The molecule has 0 unspecified atom stereocenters. The summed E-state index contributed by atoms with van der Waals surface area (Å²) in [5.74, 6) is 1.83. The maximum absolute atomic E-state index is 13.6. The Morgan fingerprint density at radius 2 is 1.81 bits per heavy atom. The van der Waals surface area contributed by atoms with Gasteiger partial charge in [0.05, 0.1) is 19.8 Å². The number of carbonyl (C=O) groups excluding carboxylic acids is 1. The zero-order valence-corrected chi connectivity index (χ0v) is 21.1. The molecule has 186 valence electrons. The number of hydrogen-bond donors (Lipinski definition) is 1. The molecule has 0 atom stereocenters. The second-order valence-corrected chi connectivity index (χ2v) is 8.94. The molecule has 0 aliphatic rings. The standard InChI is InChI=1S/C27H27FN4O3S/c1-18-6-4-5-7-19(18)17-36-27-31-30-25(32(27)21-10-8-20(28)9-11-21)14-15-29-26(33)23-13-12-22(34-2)16-24(23)35-3/h4-13,16H,14-15,17H2,1-3H3,(H,29,33). The van der Waals surface area contributed by atoms with E-state index in [-0.39, 0.29) is 11.7 Å². The molecular formula is C27H27FN4O3S. The molecule has 9 heteroatoms. The second kappa shape index (κ2) is 11.7. The van der Waals surface area contributed by atoms with Crippen LogP contribution in [0.15, 0.2) is 71.9 Å². The van der Waals surface area contributed by atoms with Crippen LogP contribution in [0.25, 0.3) is 5.69 Å². The summed E-state index contributed by atoms with van der Waals surface area (Å²) in [4.78, 5) is 12.8. The van der Waals surface area contributed by atoms with Crippen LogP contribution in [-0.2, 0) is 12.2 Å². The normalized spacial score (nSPS) is 10.8. The zero-order valence-electron chi connectivity index (χ0n) is 20.3. The molecule has 0 fully saturated rings. The molecule has 1 aromatic heterocycles. The SMILES string of the molecule is COc1ccc(C(=O)NCCc2nnc(SCc3ccccc3C)n2-c2ccc(F)cc2)c(OC)c1. The van der Waals surface area contributed by atoms with Crippen molar-refractivity contribution in [2.45, 2.75) is 24.3 Å². The van der Waals surface area contributed by atoms with Crippen molar-refractivity contribution in [2.24, 2.45) is 0 Å². The van der Waals surface area contributed by atoms with Crippen LogP contribution in [-0.4, -0.2) is 41.4 Å². The first-order valence-electron chi connectivity index (χ1n) is 11.4. The molecule has 0 saturated heterocycles. The van der Waals surface area contributed by atoms with E-state index in [9.17, 15) is 9.18 Å². The third kappa shape index (κ3) is 5.85. The lowest BCUT2D eigenvalue weighted by Gasteiger charge is -2.12. The highest BCUT2D eigenvalue weighted by molar-refractivity contribution is 7.98. The number of halogens is 1. The topological polar surface area (TPSA) is 78.3 Å². The Kier molecular flexibility index (Phi) is 8.22. The highest BCUT2D eigenvalue weighted by atomic mass is 32.2. The van der Waals surface area contributed by atoms with Crippen LogP contribution in [0.3, 0.4) is 0 Å². The Morgan fingerprint density at radius 1 is 1.03 bits per heavy atom. The van der Waals surface area contributed by atoms with Crippen molar-refractivity contribution in [3.05, 3.63) is 95.1 Å². The summed E-state index contributed by atoms with van der Waals surface area (Å²) in [6, 6.07) is 19.4. The first-order chi connectivity index (χ1) is 17.5. The van der Waals surface area contributed by atoms with E-state index in [2.05, 4.69) is 34.6 Å². The number of nitrogens with one attached hydrogen (secondary N) is 1. The fourth-order valence-electron chi connectivity index (χ4n) is 3.69. The summed E-state index contributed by atoms with van der Waals surface area (Å²) in [6.45, 7) is 2.41. The van der Waals surface area contributed by atoms with Crippen LogP contribution in [0.1, 0.15) is 27.3 Å². The maximum Gasteiger partial charge on any atom is 0.255 e. The number of aryl methyl sites for hydroxylation is 1. The molecule has 36 heavy (non-hydrogen) atoms. The van der Waals surface area contributed by atoms with Gasteiger partial charge in [0.2, 0.25) is 0 Å². The minimum atomic E-state index is -0.316. The molecule has 1 N–H and O–H groups in total. The van der Waals surface area contributed by atoms with E-state index < -0.39 is 0 Å². The molecule has 1 amide bonds. The fraction of sp³-hybridized carbons (Fsp3) is 0.222. The van der Waals surface area contributed by atoms with Crippen LogP contribution in [0.5, 0.6) is 11.5 Å². The van der Waals surface area contributed by atoms with E-state index in [1.54, 1.807) is 49.2 Å². The summed E-state index contributed by atoms with van der Waals surface area (Å²) >= 11 is 1.56. The first-order valence-corrected chi connectivity index (χ1v) is 12.4. The van der Waals surface area contributed by atoms with Gasteiger partial charge >= 0.3 is 0 Å². The largest absolute Gasteiger partial charge is 0.497 e. The van der Waals surface area contributed by atoms with Crippen molar-refractivity contribution in [1.82, 2.24) is 20.1 Å². The Hall–Kier alpha value is -3.85. The predicted molar refractivity (Wildman–Crippen MR) is 138 cm³/mol. The predicted octanol–water partition coefficient (Wildman–Crippen LogP) is 5.00. The van der Waals surface area contributed by atoms with Gasteiger partial charge in [-0.15, -0.1) is 10.2 Å². The summed E-state index contributed by atoms with van der Waals surface area (Å²) in [5, 5.41) is 12.4. The third-order valence-corrected chi connectivity index (χ3v) is 6.67. The number of carbonyl (C=O) groups is 1. The number of hydrogen-bond acceptors (Lipinski definition) is 6. The Balaban J connectivity index is 1.51. The number of benzene rings is 3. The van der Waals surface area contributed by atoms with Crippen molar-refractivity contribution in [3.8, 4) is 17.2 Å². The van der Waals surface area contributed by atoms with Crippen LogP contribution < -0.4 is 14.8 Å². The minimum Gasteiger partial charge on any atom is -0.497 e. The Bertz CT molecular complexity index is 1340. The van der Waals surface area contributed by atoms with Crippen molar-refractivity contribution in [1.29, 1.82) is 0 Å². The zero-order chi connectivity index (χ0) is 25.5. The molecule has 0 aliphatic carbocycles. The van der Waals surface area contributed by atoms with Gasteiger partial charge in [0.1, 0.15) is 23.1 Å². The molecule has 4 aromatic rings. The quantitative estimate of drug-likeness (QED) is 0.305. The molecule has 0 spiro atoms. The monoisotopic (exact) mass is 506 g/mol. The molecule has 0 saturated carbocycles. The number of aromatic nitrogens is 3. The summed E-state index contributed by atoms with van der Waals surface area (Å²) in [7, 11) is 3.06. The van der Waals surface area contributed by atoms with Crippen molar-refractivity contribution >= 4 is 17.7 Å². The van der Waals surface area contributed by atoms with Gasteiger partial charge in [0, 0.05) is 30.5 Å². The number of methoxy groups -OCH3 is 2. The van der Waals surface area contributed by atoms with E-state index in [0.717, 1.165) is 11.4 Å². The van der Waals surface area contributed by atoms with Gasteiger partial charge in [-0.2, -0.15) is 0 Å². The summed E-state index contributed by atoms with van der Waals surface area (Å²) in [5.41, 5.74) is 3.58.